The molecule has 2 amide bonds. The van der Waals surface area contributed by atoms with Gasteiger partial charge in [-0.2, -0.15) is 0 Å². The van der Waals surface area contributed by atoms with Crippen molar-refractivity contribution in [3.05, 3.63) is 60.2 Å². The van der Waals surface area contributed by atoms with Gasteiger partial charge in [-0.1, -0.05) is 37.3 Å². The number of carboxylic acid groups (broad SMARTS) is 1. The van der Waals surface area contributed by atoms with E-state index in [1.165, 1.54) is 5.56 Å². The molecule has 1 atom stereocenters. The van der Waals surface area contributed by atoms with Crippen molar-refractivity contribution in [2.24, 2.45) is 11.8 Å². The smallest absolute Gasteiger partial charge is 0.323 e. The molecule has 0 bridgehead atoms. The molecule has 1 fully saturated rings. The number of rotatable bonds is 6. The van der Waals surface area contributed by atoms with Crippen molar-refractivity contribution in [2.75, 3.05) is 10.6 Å². The van der Waals surface area contributed by atoms with E-state index in [-0.39, 0.29) is 18.4 Å². The Hall–Kier alpha value is -2.82. The predicted molar refractivity (Wildman–Crippen MR) is 112 cm³/mol. The molecule has 1 aliphatic rings. The topological polar surface area (TPSA) is 78.4 Å². The van der Waals surface area contributed by atoms with E-state index in [0.717, 1.165) is 37.1 Å². The van der Waals surface area contributed by atoms with Gasteiger partial charge >= 0.3 is 12.0 Å². The summed E-state index contributed by atoms with van der Waals surface area (Å²) in [5.41, 5.74) is 2.81. The summed E-state index contributed by atoms with van der Waals surface area (Å²) in [7, 11) is 0. The van der Waals surface area contributed by atoms with E-state index in [4.69, 9.17) is 5.11 Å². The Morgan fingerprint density at radius 2 is 1.50 bits per heavy atom. The molecular weight excluding hydrogens is 352 g/mol. The standard InChI is InChI=1S/C23H28N2O3/c1-16(15-22(26)27)17-7-9-18(10-8-17)19-11-13-21(14-12-19)25-23(28)24-20-5-3-2-4-6-20/h2-6,11-14,16-18H,7-10,15H2,1H3,(H,26,27)(H2,24,25,28). The maximum absolute atomic E-state index is 12.1. The Balaban J connectivity index is 1.49. The zero-order valence-electron chi connectivity index (χ0n) is 16.2. The van der Waals surface area contributed by atoms with Crippen molar-refractivity contribution >= 4 is 23.4 Å². The number of carboxylic acids is 1. The lowest BCUT2D eigenvalue weighted by Crippen LogP contribution is -2.21. The SMILES string of the molecule is CC(CC(=O)O)C1CCC(c2ccc(NC(=O)Nc3ccccc3)cc2)CC1. The van der Waals surface area contributed by atoms with Crippen LogP contribution >= 0.6 is 0 Å². The normalized spacial score (nSPS) is 20.2. The molecule has 0 heterocycles. The lowest BCUT2D eigenvalue weighted by molar-refractivity contribution is -0.138. The molecule has 2 aromatic carbocycles. The molecule has 1 saturated carbocycles. The molecule has 1 aliphatic carbocycles. The zero-order chi connectivity index (χ0) is 19.9. The maximum atomic E-state index is 12.1. The molecule has 0 radical (unpaired) electrons. The first-order valence-corrected chi connectivity index (χ1v) is 9.96. The summed E-state index contributed by atoms with van der Waals surface area (Å²) in [6, 6.07) is 17.1. The predicted octanol–water partition coefficient (Wildman–Crippen LogP) is 5.72. The molecule has 28 heavy (non-hydrogen) atoms. The van der Waals surface area contributed by atoms with Crippen LogP contribution in [0.5, 0.6) is 0 Å². The van der Waals surface area contributed by atoms with Crippen molar-refractivity contribution in [3.8, 4) is 0 Å². The van der Waals surface area contributed by atoms with Gasteiger partial charge in [-0.25, -0.2) is 4.79 Å². The van der Waals surface area contributed by atoms with Gasteiger partial charge in [0.25, 0.3) is 0 Å². The van der Waals surface area contributed by atoms with Gasteiger partial charge < -0.3 is 15.7 Å². The molecule has 0 aliphatic heterocycles. The maximum Gasteiger partial charge on any atom is 0.323 e. The van der Waals surface area contributed by atoms with Gasteiger partial charge in [0.1, 0.15) is 0 Å². The molecule has 5 heteroatoms. The van der Waals surface area contributed by atoms with Crippen molar-refractivity contribution < 1.29 is 14.7 Å². The van der Waals surface area contributed by atoms with Crippen molar-refractivity contribution in [1.82, 2.24) is 0 Å². The minimum Gasteiger partial charge on any atom is -0.481 e. The molecule has 3 N–H and O–H groups in total. The summed E-state index contributed by atoms with van der Waals surface area (Å²) in [6.45, 7) is 2.06. The molecule has 1 unspecified atom stereocenters. The van der Waals surface area contributed by atoms with Gasteiger partial charge in [-0.05, 0) is 73.3 Å². The fourth-order valence-electron chi connectivity index (χ4n) is 4.12. The van der Waals surface area contributed by atoms with Crippen LogP contribution in [-0.2, 0) is 4.79 Å². The summed E-state index contributed by atoms with van der Waals surface area (Å²) in [5.74, 6) is 0.567. The first kappa shape index (κ1) is 19.9. The third-order valence-corrected chi connectivity index (χ3v) is 5.74. The third kappa shape index (κ3) is 5.59. The van der Waals surface area contributed by atoms with Gasteiger partial charge in [0.05, 0.1) is 0 Å². The summed E-state index contributed by atoms with van der Waals surface area (Å²) in [5, 5.41) is 14.6. The van der Waals surface area contributed by atoms with Crippen molar-refractivity contribution in [1.29, 1.82) is 0 Å². The van der Waals surface area contributed by atoms with Crippen LogP contribution in [0.2, 0.25) is 0 Å². The van der Waals surface area contributed by atoms with E-state index in [1.54, 1.807) is 0 Å². The van der Waals surface area contributed by atoms with Gasteiger partial charge in [0.15, 0.2) is 0 Å². The fraction of sp³-hybridized carbons (Fsp3) is 0.391. The number of anilines is 2. The summed E-state index contributed by atoms with van der Waals surface area (Å²) in [4.78, 5) is 23.0. The van der Waals surface area contributed by atoms with Crippen LogP contribution in [0, 0.1) is 11.8 Å². The van der Waals surface area contributed by atoms with E-state index >= 15 is 0 Å². The second-order valence-corrected chi connectivity index (χ2v) is 7.75. The number of amides is 2. The highest BCUT2D eigenvalue weighted by Gasteiger charge is 2.27. The Morgan fingerprint density at radius 3 is 2.07 bits per heavy atom. The Kier molecular flexibility index (Phi) is 6.69. The number of carbonyl (C=O) groups is 2. The minimum atomic E-state index is -0.700. The molecule has 0 saturated heterocycles. The lowest BCUT2D eigenvalue weighted by Gasteiger charge is -2.32. The summed E-state index contributed by atoms with van der Waals surface area (Å²) in [6.07, 6.45) is 4.61. The molecular formula is C23H28N2O3. The van der Waals surface area contributed by atoms with Crippen LogP contribution in [0.3, 0.4) is 0 Å². The van der Waals surface area contributed by atoms with Crippen LogP contribution in [0.25, 0.3) is 0 Å². The van der Waals surface area contributed by atoms with Crippen LogP contribution in [0.15, 0.2) is 54.6 Å². The molecule has 148 valence electrons. The Bertz CT molecular complexity index is 781. The van der Waals surface area contributed by atoms with Gasteiger partial charge in [0.2, 0.25) is 0 Å². The molecule has 5 nitrogen and oxygen atoms in total. The first-order chi connectivity index (χ1) is 13.5. The van der Waals surface area contributed by atoms with Crippen LogP contribution < -0.4 is 10.6 Å². The second kappa shape index (κ2) is 9.40. The highest BCUT2D eigenvalue weighted by Crippen LogP contribution is 2.39. The zero-order valence-corrected chi connectivity index (χ0v) is 16.2. The monoisotopic (exact) mass is 380 g/mol. The minimum absolute atomic E-state index is 0.244. The first-order valence-electron chi connectivity index (χ1n) is 9.96. The fourth-order valence-corrected chi connectivity index (χ4v) is 4.12. The highest BCUT2D eigenvalue weighted by atomic mass is 16.4. The van der Waals surface area contributed by atoms with E-state index < -0.39 is 5.97 Å². The third-order valence-electron chi connectivity index (χ3n) is 5.74. The molecule has 0 spiro atoms. The number of benzene rings is 2. The van der Waals surface area contributed by atoms with Crippen LogP contribution in [0.4, 0.5) is 16.2 Å². The lowest BCUT2D eigenvalue weighted by atomic mass is 9.73. The number of carbonyl (C=O) groups excluding carboxylic acids is 1. The molecule has 2 aromatic rings. The van der Waals surface area contributed by atoms with Gasteiger partial charge in [0, 0.05) is 17.8 Å². The number of urea groups is 1. The largest absolute Gasteiger partial charge is 0.481 e. The number of aliphatic carboxylic acids is 1. The molecule has 0 aromatic heterocycles. The van der Waals surface area contributed by atoms with E-state index in [0.29, 0.717) is 11.8 Å². The number of hydrogen-bond acceptors (Lipinski definition) is 2. The average molecular weight is 380 g/mol. The van der Waals surface area contributed by atoms with Crippen molar-refractivity contribution in [3.63, 3.8) is 0 Å². The van der Waals surface area contributed by atoms with Gasteiger partial charge in [-0.3, -0.25) is 4.79 Å². The highest BCUT2D eigenvalue weighted by molar-refractivity contribution is 5.99. The molecule has 3 rings (SSSR count). The second-order valence-electron chi connectivity index (χ2n) is 7.75. The quantitative estimate of drug-likeness (QED) is 0.600. The van der Waals surface area contributed by atoms with Crippen LogP contribution in [-0.4, -0.2) is 17.1 Å². The number of para-hydroxylation sites is 1. The van der Waals surface area contributed by atoms with Crippen LogP contribution in [0.1, 0.15) is 50.5 Å². The van der Waals surface area contributed by atoms with E-state index in [9.17, 15) is 9.59 Å². The average Bonchev–Trinajstić information content (AvgIpc) is 2.69. The number of nitrogens with one attached hydrogen (secondary N) is 2. The van der Waals surface area contributed by atoms with Crippen molar-refractivity contribution in [2.45, 2.75) is 44.9 Å². The number of hydrogen-bond donors (Lipinski definition) is 3. The Labute approximate surface area is 166 Å². The summed E-state index contributed by atoms with van der Waals surface area (Å²) < 4.78 is 0. The Morgan fingerprint density at radius 1 is 0.929 bits per heavy atom. The van der Waals surface area contributed by atoms with E-state index in [1.807, 2.05) is 42.5 Å². The summed E-state index contributed by atoms with van der Waals surface area (Å²) >= 11 is 0. The van der Waals surface area contributed by atoms with E-state index in [2.05, 4.69) is 29.7 Å². The van der Waals surface area contributed by atoms with Gasteiger partial charge in [-0.15, -0.1) is 0 Å².